The number of carbonyl (C=O) groups is 4. The Morgan fingerprint density at radius 3 is 1.97 bits per heavy atom. The average Bonchev–Trinajstić information content (AvgIpc) is 3.23. The molecule has 3 aromatic rings. The van der Waals surface area contributed by atoms with Gasteiger partial charge >= 0.3 is 18.1 Å². The summed E-state index contributed by atoms with van der Waals surface area (Å²) >= 11 is 0. The van der Waals surface area contributed by atoms with Gasteiger partial charge in [-0.2, -0.15) is 13.2 Å². The van der Waals surface area contributed by atoms with E-state index in [0.29, 0.717) is 11.1 Å². The lowest BCUT2D eigenvalue weighted by molar-refractivity contribution is -0.176. The topological polar surface area (TPSA) is 147 Å². The number of hydrogen-bond donors (Lipinski definition) is 4. The van der Waals surface area contributed by atoms with Gasteiger partial charge in [-0.15, -0.1) is 4.73 Å². The Hall–Kier alpha value is -4.81. The van der Waals surface area contributed by atoms with Crippen molar-refractivity contribution < 1.29 is 47.4 Å². The van der Waals surface area contributed by atoms with Gasteiger partial charge in [-0.05, 0) is 31.4 Å². The van der Waals surface area contributed by atoms with Crippen molar-refractivity contribution in [3.05, 3.63) is 83.4 Å². The summed E-state index contributed by atoms with van der Waals surface area (Å²) in [6, 6.07) is 14.8. The predicted molar refractivity (Wildman–Crippen MR) is 130 cm³/mol. The summed E-state index contributed by atoms with van der Waals surface area (Å²) in [5, 5.41) is 23.3. The van der Waals surface area contributed by atoms with Crippen LogP contribution in [0.4, 0.5) is 13.2 Å². The molecule has 0 saturated heterocycles. The molecule has 1 heterocycles. The molecule has 0 aliphatic rings. The number of benzene rings is 2. The van der Waals surface area contributed by atoms with Gasteiger partial charge in [-0.1, -0.05) is 42.5 Å². The summed E-state index contributed by atoms with van der Waals surface area (Å²) in [6.45, 7) is 0.0949. The minimum Gasteiger partial charge on any atom is -0.492 e. The first kappa shape index (κ1) is 28.8. The molecule has 0 spiro atoms. The van der Waals surface area contributed by atoms with E-state index in [0.717, 1.165) is 12.1 Å². The van der Waals surface area contributed by atoms with Gasteiger partial charge in [0.1, 0.15) is 6.04 Å². The summed E-state index contributed by atoms with van der Waals surface area (Å²) < 4.78 is 38.4. The number of aromatic hydroxyl groups is 2. The first-order valence-corrected chi connectivity index (χ1v) is 11.6. The van der Waals surface area contributed by atoms with E-state index in [9.17, 15) is 42.6 Å². The number of nitrogens with zero attached hydrogens (tertiary/aromatic N) is 1. The molecular weight excluding hydrogens is 523 g/mol. The highest BCUT2D eigenvalue weighted by molar-refractivity contribution is 6.09. The molecule has 0 bridgehead atoms. The van der Waals surface area contributed by atoms with Crippen molar-refractivity contribution in [2.24, 2.45) is 0 Å². The van der Waals surface area contributed by atoms with Crippen LogP contribution in [0, 0.1) is 0 Å². The Bertz CT molecular complexity index is 1300. The van der Waals surface area contributed by atoms with Crippen LogP contribution < -0.4 is 15.5 Å². The van der Waals surface area contributed by atoms with Gasteiger partial charge in [0.2, 0.25) is 11.8 Å². The van der Waals surface area contributed by atoms with Crippen molar-refractivity contribution in [2.45, 2.75) is 31.5 Å². The molecule has 0 aliphatic carbocycles. The van der Waals surface area contributed by atoms with E-state index in [1.54, 1.807) is 30.3 Å². The van der Waals surface area contributed by atoms with Crippen LogP contribution in [0.25, 0.3) is 0 Å². The first-order chi connectivity index (χ1) is 18.5. The van der Waals surface area contributed by atoms with Gasteiger partial charge < -0.3 is 25.7 Å². The quantitative estimate of drug-likeness (QED) is 0.213. The van der Waals surface area contributed by atoms with Gasteiger partial charge in [0.05, 0.1) is 0 Å². The standard InChI is InChI=1S/C26H24F3N3O7/c27-26(28,29)25(38)31-19(24(37)39-32-20(33)13-14-21(32)34)8-4-5-15-30-23(36)18-11-9-17(10-12-18)22(35)16-6-2-1-3-7-16/h1-3,6-7,9-14,19,33-34H,4-5,8,15H2,(H,30,36)(H,31,38)/t19-/m0/s1. The van der Waals surface area contributed by atoms with Gasteiger partial charge in [0.25, 0.3) is 5.91 Å². The van der Waals surface area contributed by atoms with E-state index in [1.807, 2.05) is 0 Å². The summed E-state index contributed by atoms with van der Waals surface area (Å²) in [4.78, 5) is 53.3. The van der Waals surface area contributed by atoms with Crippen molar-refractivity contribution >= 4 is 23.6 Å². The SMILES string of the molecule is O=C(NCCCC[C@H](NC(=O)C(F)(F)F)C(=O)On1c(O)ccc1O)c1ccc(C(=O)c2ccccc2)cc1. The van der Waals surface area contributed by atoms with Gasteiger partial charge in [-0.25, -0.2) is 4.79 Å². The van der Waals surface area contributed by atoms with E-state index >= 15 is 0 Å². The third-order valence-electron chi connectivity index (χ3n) is 5.48. The molecule has 0 aliphatic heterocycles. The highest BCUT2D eigenvalue weighted by Gasteiger charge is 2.41. The molecule has 0 saturated carbocycles. The van der Waals surface area contributed by atoms with Crippen LogP contribution >= 0.6 is 0 Å². The molecule has 39 heavy (non-hydrogen) atoms. The Morgan fingerprint density at radius 1 is 0.821 bits per heavy atom. The number of aromatic nitrogens is 1. The fourth-order valence-corrected chi connectivity index (χ4v) is 3.44. The summed E-state index contributed by atoms with van der Waals surface area (Å²) in [7, 11) is 0. The van der Waals surface area contributed by atoms with Crippen LogP contribution in [0.2, 0.25) is 0 Å². The van der Waals surface area contributed by atoms with E-state index < -0.39 is 41.8 Å². The van der Waals surface area contributed by atoms with Crippen molar-refractivity contribution in [3.63, 3.8) is 0 Å². The second kappa shape index (κ2) is 12.6. The maximum atomic E-state index is 12.7. The Morgan fingerprint density at radius 2 is 1.38 bits per heavy atom. The normalized spacial score (nSPS) is 11.9. The second-order valence-electron chi connectivity index (χ2n) is 8.30. The number of rotatable bonds is 11. The Balaban J connectivity index is 1.51. The lowest BCUT2D eigenvalue weighted by Gasteiger charge is -2.18. The fourth-order valence-electron chi connectivity index (χ4n) is 3.44. The maximum absolute atomic E-state index is 12.7. The van der Waals surface area contributed by atoms with E-state index in [1.165, 1.54) is 29.6 Å². The molecule has 206 valence electrons. The minimum atomic E-state index is -5.26. The zero-order valence-corrected chi connectivity index (χ0v) is 20.3. The highest BCUT2D eigenvalue weighted by atomic mass is 19.4. The molecule has 0 unspecified atom stereocenters. The smallest absolute Gasteiger partial charge is 0.471 e. The average molecular weight is 547 g/mol. The van der Waals surface area contributed by atoms with E-state index in [2.05, 4.69) is 5.32 Å². The Labute approximate surface area is 220 Å². The third-order valence-corrected chi connectivity index (χ3v) is 5.48. The van der Waals surface area contributed by atoms with Crippen molar-refractivity contribution in [3.8, 4) is 11.8 Å². The molecular formula is C26H24F3N3O7. The molecule has 1 aromatic heterocycles. The predicted octanol–water partition coefficient (Wildman–Crippen LogP) is 2.73. The van der Waals surface area contributed by atoms with Gasteiger partial charge in [0, 0.05) is 35.4 Å². The molecule has 0 fully saturated rings. The highest BCUT2D eigenvalue weighted by Crippen LogP contribution is 2.20. The number of amides is 2. The summed E-state index contributed by atoms with van der Waals surface area (Å²) in [5.41, 5.74) is 1.19. The minimum absolute atomic E-state index is 0.0896. The first-order valence-electron chi connectivity index (χ1n) is 11.6. The third kappa shape index (κ3) is 7.84. The van der Waals surface area contributed by atoms with Gasteiger partial charge in [0.15, 0.2) is 5.78 Å². The fraction of sp³-hybridized carbons (Fsp3) is 0.231. The molecule has 13 heteroatoms. The number of halogens is 3. The van der Waals surface area contributed by atoms with Crippen molar-refractivity contribution in [1.29, 1.82) is 0 Å². The van der Waals surface area contributed by atoms with Crippen LogP contribution in [0.3, 0.4) is 0 Å². The lowest BCUT2D eigenvalue weighted by atomic mass is 10.0. The summed E-state index contributed by atoms with van der Waals surface area (Å²) in [5.74, 6) is -5.76. The zero-order valence-electron chi connectivity index (χ0n) is 20.3. The van der Waals surface area contributed by atoms with E-state index in [4.69, 9.17) is 4.84 Å². The molecule has 2 aromatic carbocycles. The number of alkyl halides is 3. The molecule has 2 amide bonds. The molecule has 10 nitrogen and oxygen atoms in total. The number of ketones is 1. The van der Waals surface area contributed by atoms with Crippen LogP contribution in [0.1, 0.15) is 45.5 Å². The number of hydrogen-bond acceptors (Lipinski definition) is 7. The van der Waals surface area contributed by atoms with Gasteiger partial charge in [-0.3, -0.25) is 14.4 Å². The summed E-state index contributed by atoms with van der Waals surface area (Å²) in [6.07, 6.45) is -5.24. The van der Waals surface area contributed by atoms with Crippen molar-refractivity contribution in [2.75, 3.05) is 6.54 Å². The molecule has 4 N–H and O–H groups in total. The number of carbonyl (C=O) groups excluding carboxylic acids is 4. The maximum Gasteiger partial charge on any atom is 0.471 e. The van der Waals surface area contributed by atoms with Crippen LogP contribution in [-0.2, 0) is 9.59 Å². The molecule has 0 radical (unpaired) electrons. The monoisotopic (exact) mass is 547 g/mol. The lowest BCUT2D eigenvalue weighted by Crippen LogP contribution is -2.49. The van der Waals surface area contributed by atoms with E-state index in [-0.39, 0.29) is 41.9 Å². The van der Waals surface area contributed by atoms with Crippen molar-refractivity contribution in [1.82, 2.24) is 15.4 Å². The zero-order chi connectivity index (χ0) is 28.6. The molecule has 1 atom stereocenters. The Kier molecular flexibility index (Phi) is 9.31. The number of unbranched alkanes of at least 4 members (excludes halogenated alkanes) is 1. The van der Waals surface area contributed by atoms with Crippen LogP contribution in [0.5, 0.6) is 11.8 Å². The molecule has 3 rings (SSSR count). The number of nitrogens with one attached hydrogen (secondary N) is 2. The van der Waals surface area contributed by atoms with Crippen LogP contribution in [-0.4, -0.2) is 57.3 Å². The largest absolute Gasteiger partial charge is 0.492 e. The second-order valence-corrected chi connectivity index (χ2v) is 8.30. The van der Waals surface area contributed by atoms with Crippen LogP contribution in [0.15, 0.2) is 66.7 Å².